The SMILES string of the molecule is CC(C)NSNC1CCC(c2cc(-c3cccc(F)c3)n[nH]2)CC1. The molecule has 2 aromatic rings. The minimum atomic E-state index is -0.226. The molecule has 1 aromatic carbocycles. The van der Waals surface area contributed by atoms with E-state index in [1.807, 2.05) is 6.07 Å². The number of aromatic nitrogens is 2. The molecule has 1 aromatic heterocycles. The number of hydrogen-bond acceptors (Lipinski definition) is 4. The number of aromatic amines is 1. The lowest BCUT2D eigenvalue weighted by atomic mass is 9.84. The zero-order valence-corrected chi connectivity index (χ0v) is 15.0. The van der Waals surface area contributed by atoms with Gasteiger partial charge in [-0.2, -0.15) is 5.10 Å². The number of halogens is 1. The van der Waals surface area contributed by atoms with Crippen LogP contribution in [0.3, 0.4) is 0 Å². The molecular formula is C18H25FN4S. The third-order valence-electron chi connectivity index (χ3n) is 4.41. The number of nitrogens with zero attached hydrogens (tertiary/aromatic N) is 1. The van der Waals surface area contributed by atoms with E-state index in [9.17, 15) is 4.39 Å². The van der Waals surface area contributed by atoms with Crippen LogP contribution in [0.15, 0.2) is 30.3 Å². The van der Waals surface area contributed by atoms with Crippen molar-refractivity contribution in [2.75, 3.05) is 0 Å². The van der Waals surface area contributed by atoms with Crippen molar-refractivity contribution in [1.29, 1.82) is 0 Å². The Morgan fingerprint density at radius 1 is 1.21 bits per heavy atom. The summed E-state index contributed by atoms with van der Waals surface area (Å²) in [5, 5.41) is 7.53. The molecule has 1 fully saturated rings. The van der Waals surface area contributed by atoms with Gasteiger partial charge in [0.25, 0.3) is 0 Å². The van der Waals surface area contributed by atoms with E-state index >= 15 is 0 Å². The van der Waals surface area contributed by atoms with Crippen LogP contribution in [0.2, 0.25) is 0 Å². The van der Waals surface area contributed by atoms with Crippen LogP contribution in [-0.4, -0.2) is 22.3 Å². The van der Waals surface area contributed by atoms with E-state index in [4.69, 9.17) is 0 Å². The molecule has 0 amide bonds. The van der Waals surface area contributed by atoms with Crippen LogP contribution >= 0.6 is 12.1 Å². The van der Waals surface area contributed by atoms with Crippen molar-refractivity contribution in [2.45, 2.75) is 57.5 Å². The predicted molar refractivity (Wildman–Crippen MR) is 98.0 cm³/mol. The fourth-order valence-electron chi connectivity index (χ4n) is 3.10. The largest absolute Gasteiger partial charge is 0.282 e. The number of nitrogens with one attached hydrogen (secondary N) is 3. The van der Waals surface area contributed by atoms with E-state index in [-0.39, 0.29) is 5.82 Å². The van der Waals surface area contributed by atoms with Crippen LogP contribution in [0.25, 0.3) is 11.3 Å². The number of rotatable bonds is 6. The van der Waals surface area contributed by atoms with Gasteiger partial charge in [-0.05, 0) is 57.7 Å². The number of hydrogen-bond donors (Lipinski definition) is 3. The summed E-state index contributed by atoms with van der Waals surface area (Å²) in [5.41, 5.74) is 2.81. The highest BCUT2D eigenvalue weighted by atomic mass is 32.2. The molecule has 4 nitrogen and oxygen atoms in total. The molecule has 0 unspecified atom stereocenters. The average molecular weight is 348 g/mol. The van der Waals surface area contributed by atoms with E-state index in [0.717, 1.165) is 36.9 Å². The van der Waals surface area contributed by atoms with Crippen molar-refractivity contribution in [3.63, 3.8) is 0 Å². The van der Waals surface area contributed by atoms with Gasteiger partial charge >= 0.3 is 0 Å². The lowest BCUT2D eigenvalue weighted by molar-refractivity contribution is 0.376. The Morgan fingerprint density at radius 2 is 2.00 bits per heavy atom. The summed E-state index contributed by atoms with van der Waals surface area (Å²) in [7, 11) is 0. The summed E-state index contributed by atoms with van der Waals surface area (Å²) < 4.78 is 20.2. The highest BCUT2D eigenvalue weighted by Crippen LogP contribution is 2.33. The first-order valence-electron chi connectivity index (χ1n) is 8.60. The molecule has 0 atom stereocenters. The molecule has 0 aliphatic heterocycles. The highest BCUT2D eigenvalue weighted by Gasteiger charge is 2.24. The first-order chi connectivity index (χ1) is 11.6. The summed E-state index contributed by atoms with van der Waals surface area (Å²) in [4.78, 5) is 0. The Bertz CT molecular complexity index is 650. The minimum absolute atomic E-state index is 0.226. The summed E-state index contributed by atoms with van der Waals surface area (Å²) in [6.07, 6.45) is 4.60. The summed E-state index contributed by atoms with van der Waals surface area (Å²) in [5.74, 6) is 0.289. The van der Waals surface area contributed by atoms with Crippen molar-refractivity contribution in [3.8, 4) is 11.3 Å². The topological polar surface area (TPSA) is 52.7 Å². The molecular weight excluding hydrogens is 323 g/mol. The van der Waals surface area contributed by atoms with Crippen LogP contribution < -0.4 is 9.44 Å². The maximum Gasteiger partial charge on any atom is 0.123 e. The number of H-pyrrole nitrogens is 1. The van der Waals surface area contributed by atoms with E-state index < -0.39 is 0 Å². The van der Waals surface area contributed by atoms with Crippen molar-refractivity contribution >= 4 is 12.1 Å². The van der Waals surface area contributed by atoms with Crippen LogP contribution in [0.4, 0.5) is 4.39 Å². The molecule has 0 saturated heterocycles. The summed E-state index contributed by atoms with van der Waals surface area (Å²) >= 11 is 1.61. The van der Waals surface area contributed by atoms with Gasteiger partial charge in [-0.3, -0.25) is 5.10 Å². The van der Waals surface area contributed by atoms with Crippen molar-refractivity contribution in [2.24, 2.45) is 0 Å². The first-order valence-corrected chi connectivity index (χ1v) is 9.41. The molecule has 6 heteroatoms. The van der Waals surface area contributed by atoms with Crippen LogP contribution in [0.5, 0.6) is 0 Å². The molecule has 3 rings (SSSR count). The zero-order chi connectivity index (χ0) is 16.9. The zero-order valence-electron chi connectivity index (χ0n) is 14.2. The van der Waals surface area contributed by atoms with Gasteiger partial charge in [0.15, 0.2) is 0 Å². The second-order valence-corrected chi connectivity index (χ2v) is 7.44. The minimum Gasteiger partial charge on any atom is -0.282 e. The molecule has 1 heterocycles. The summed E-state index contributed by atoms with van der Waals surface area (Å²) in [6, 6.07) is 9.70. The Labute approximate surface area is 147 Å². The maximum absolute atomic E-state index is 13.4. The summed E-state index contributed by atoms with van der Waals surface area (Å²) in [6.45, 7) is 4.28. The van der Waals surface area contributed by atoms with Crippen LogP contribution in [0, 0.1) is 5.82 Å². The van der Waals surface area contributed by atoms with E-state index in [1.54, 1.807) is 18.2 Å². The molecule has 1 aliphatic rings. The van der Waals surface area contributed by atoms with Gasteiger partial charge < -0.3 is 0 Å². The third-order valence-corrected chi connectivity index (χ3v) is 5.45. The Hall–Kier alpha value is -1.37. The molecule has 0 radical (unpaired) electrons. The van der Waals surface area contributed by atoms with Gasteiger partial charge in [-0.25, -0.2) is 13.8 Å². The van der Waals surface area contributed by atoms with Gasteiger partial charge in [-0.15, -0.1) is 0 Å². The molecule has 3 N–H and O–H groups in total. The molecule has 1 aliphatic carbocycles. The number of benzene rings is 1. The lowest BCUT2D eigenvalue weighted by Gasteiger charge is -2.28. The van der Waals surface area contributed by atoms with Crippen molar-refractivity contribution in [3.05, 3.63) is 41.8 Å². The van der Waals surface area contributed by atoms with Crippen LogP contribution in [0.1, 0.15) is 51.1 Å². The molecule has 130 valence electrons. The van der Waals surface area contributed by atoms with E-state index in [0.29, 0.717) is 18.0 Å². The van der Waals surface area contributed by atoms with Gasteiger partial charge in [-0.1, -0.05) is 12.1 Å². The van der Waals surface area contributed by atoms with Gasteiger partial charge in [0, 0.05) is 41.4 Å². The normalized spacial score (nSPS) is 21.3. The third kappa shape index (κ3) is 4.59. The Balaban J connectivity index is 1.54. The van der Waals surface area contributed by atoms with Crippen LogP contribution in [-0.2, 0) is 0 Å². The quantitative estimate of drug-likeness (QED) is 0.678. The molecule has 24 heavy (non-hydrogen) atoms. The predicted octanol–water partition coefficient (Wildman–Crippen LogP) is 4.39. The Kier molecular flexibility index (Phi) is 5.92. The monoisotopic (exact) mass is 348 g/mol. The second kappa shape index (κ2) is 8.14. The van der Waals surface area contributed by atoms with Gasteiger partial charge in [0.2, 0.25) is 0 Å². The molecule has 0 spiro atoms. The lowest BCUT2D eigenvalue weighted by Crippen LogP contribution is -2.31. The van der Waals surface area contributed by atoms with E-state index in [2.05, 4.69) is 39.6 Å². The second-order valence-electron chi connectivity index (χ2n) is 6.76. The smallest absolute Gasteiger partial charge is 0.123 e. The van der Waals surface area contributed by atoms with Gasteiger partial charge in [0.1, 0.15) is 5.82 Å². The fourth-order valence-corrected chi connectivity index (χ4v) is 3.81. The molecule has 1 saturated carbocycles. The maximum atomic E-state index is 13.4. The van der Waals surface area contributed by atoms with Crippen molar-refractivity contribution in [1.82, 2.24) is 19.6 Å². The molecule has 0 bridgehead atoms. The standard InChI is InChI=1S/C18H25FN4S/c1-12(2)22-24-23-16-8-6-13(7-9-16)17-11-18(21-20-17)14-4-3-5-15(19)10-14/h3-5,10-13,16,22-23H,6-9H2,1-2H3,(H,20,21). The Morgan fingerprint density at radius 3 is 2.71 bits per heavy atom. The average Bonchev–Trinajstić information content (AvgIpc) is 3.05. The van der Waals surface area contributed by atoms with Crippen molar-refractivity contribution < 1.29 is 4.39 Å². The van der Waals surface area contributed by atoms with Gasteiger partial charge in [0.05, 0.1) is 5.69 Å². The first kappa shape index (κ1) is 17.5. The van der Waals surface area contributed by atoms with E-state index in [1.165, 1.54) is 17.8 Å². The highest BCUT2D eigenvalue weighted by molar-refractivity contribution is 7.95. The fraction of sp³-hybridized carbons (Fsp3) is 0.500.